The van der Waals surface area contributed by atoms with Crippen molar-refractivity contribution in [3.8, 4) is 17.1 Å². The number of fused-ring (bicyclic) bond motifs is 1. The third kappa shape index (κ3) is 4.62. The number of carbonyl (C=O) groups is 1. The SMILES string of the molecule is COCCOCCOc1ccccc1-c1nc2ccc(C(=O)NO)cc2[nH]1. The first-order valence-electron chi connectivity index (χ1n) is 8.46. The Morgan fingerprint density at radius 1 is 1.15 bits per heavy atom. The highest BCUT2D eigenvalue weighted by molar-refractivity contribution is 5.97. The fraction of sp³-hybridized carbons (Fsp3) is 0.263. The van der Waals surface area contributed by atoms with Gasteiger partial charge in [0.2, 0.25) is 0 Å². The summed E-state index contributed by atoms with van der Waals surface area (Å²) in [6.45, 7) is 1.93. The lowest BCUT2D eigenvalue weighted by molar-refractivity contribution is 0.0545. The molecule has 1 heterocycles. The molecule has 3 N–H and O–H groups in total. The number of methoxy groups -OCH3 is 1. The second kappa shape index (κ2) is 9.13. The first kappa shape index (κ1) is 18.8. The molecule has 0 spiro atoms. The topological polar surface area (TPSA) is 106 Å². The number of ether oxygens (including phenoxy) is 3. The number of amides is 1. The van der Waals surface area contributed by atoms with Gasteiger partial charge in [0.05, 0.1) is 36.4 Å². The van der Waals surface area contributed by atoms with Gasteiger partial charge in [-0.1, -0.05) is 12.1 Å². The van der Waals surface area contributed by atoms with E-state index in [1.807, 2.05) is 24.3 Å². The Balaban J connectivity index is 1.77. The lowest BCUT2D eigenvalue weighted by Gasteiger charge is -2.10. The van der Waals surface area contributed by atoms with Gasteiger partial charge >= 0.3 is 0 Å². The monoisotopic (exact) mass is 371 g/mol. The average molecular weight is 371 g/mol. The zero-order valence-corrected chi connectivity index (χ0v) is 14.9. The Kier molecular flexibility index (Phi) is 6.37. The standard InChI is InChI=1S/C19H21N3O5/c1-25-8-9-26-10-11-27-17-5-3-2-4-14(17)18-20-15-7-6-13(19(23)22-24)12-16(15)21-18/h2-7,12,24H,8-11H2,1H3,(H,20,21)(H,22,23). The van der Waals surface area contributed by atoms with Crippen molar-refractivity contribution in [2.45, 2.75) is 0 Å². The quantitative estimate of drug-likeness (QED) is 0.303. The summed E-state index contributed by atoms with van der Waals surface area (Å²) in [6, 6.07) is 12.5. The molecule has 1 aromatic heterocycles. The van der Waals surface area contributed by atoms with E-state index >= 15 is 0 Å². The van der Waals surface area contributed by atoms with Gasteiger partial charge in [-0.05, 0) is 30.3 Å². The fourth-order valence-corrected chi connectivity index (χ4v) is 2.59. The molecule has 0 fully saturated rings. The molecule has 0 aliphatic heterocycles. The van der Waals surface area contributed by atoms with E-state index in [9.17, 15) is 4.79 Å². The Morgan fingerprint density at radius 2 is 1.96 bits per heavy atom. The van der Waals surface area contributed by atoms with Gasteiger partial charge < -0.3 is 19.2 Å². The van der Waals surface area contributed by atoms with E-state index in [0.29, 0.717) is 54.6 Å². The fourth-order valence-electron chi connectivity index (χ4n) is 2.59. The van der Waals surface area contributed by atoms with E-state index in [-0.39, 0.29) is 0 Å². The van der Waals surface area contributed by atoms with E-state index < -0.39 is 5.91 Å². The summed E-state index contributed by atoms with van der Waals surface area (Å²) in [5, 5.41) is 8.77. The zero-order valence-electron chi connectivity index (χ0n) is 14.9. The number of para-hydroxylation sites is 1. The Bertz CT molecular complexity index is 909. The first-order valence-corrected chi connectivity index (χ1v) is 8.46. The number of rotatable bonds is 9. The van der Waals surface area contributed by atoms with E-state index in [1.54, 1.807) is 30.8 Å². The lowest BCUT2D eigenvalue weighted by atomic mass is 10.2. The van der Waals surface area contributed by atoms with E-state index in [0.717, 1.165) is 5.56 Å². The maximum absolute atomic E-state index is 11.6. The number of hydrogen-bond donors (Lipinski definition) is 3. The molecule has 0 radical (unpaired) electrons. The Morgan fingerprint density at radius 3 is 2.78 bits per heavy atom. The van der Waals surface area contributed by atoms with Crippen molar-refractivity contribution in [3.63, 3.8) is 0 Å². The molecule has 0 aliphatic carbocycles. The molecule has 0 saturated carbocycles. The predicted octanol–water partition coefficient (Wildman–Crippen LogP) is 2.39. The van der Waals surface area contributed by atoms with Crippen LogP contribution in [0.2, 0.25) is 0 Å². The van der Waals surface area contributed by atoms with E-state index in [1.165, 1.54) is 0 Å². The van der Waals surface area contributed by atoms with Gasteiger partial charge in [0.1, 0.15) is 18.2 Å². The number of H-pyrrole nitrogens is 1. The van der Waals surface area contributed by atoms with Crippen LogP contribution in [0.4, 0.5) is 0 Å². The second-order valence-corrected chi connectivity index (χ2v) is 5.71. The van der Waals surface area contributed by atoms with Crippen LogP contribution in [0.15, 0.2) is 42.5 Å². The molecule has 0 saturated heterocycles. The largest absolute Gasteiger partial charge is 0.490 e. The van der Waals surface area contributed by atoms with E-state index in [4.69, 9.17) is 19.4 Å². The molecule has 2 aromatic carbocycles. The number of nitrogens with zero attached hydrogens (tertiary/aromatic N) is 1. The number of hydrogen-bond acceptors (Lipinski definition) is 6. The summed E-state index contributed by atoms with van der Waals surface area (Å²) in [6.07, 6.45) is 0. The normalized spacial score (nSPS) is 10.9. The molecule has 3 aromatic rings. The molecule has 0 unspecified atom stereocenters. The van der Waals surface area contributed by atoms with Crippen LogP contribution in [0.1, 0.15) is 10.4 Å². The summed E-state index contributed by atoms with van der Waals surface area (Å²) < 4.78 is 16.2. The van der Waals surface area contributed by atoms with Gasteiger partial charge in [-0.2, -0.15) is 0 Å². The molecule has 3 rings (SSSR count). The van der Waals surface area contributed by atoms with Crippen molar-refractivity contribution in [1.82, 2.24) is 15.4 Å². The summed E-state index contributed by atoms with van der Waals surface area (Å²) in [7, 11) is 1.63. The second-order valence-electron chi connectivity index (χ2n) is 5.71. The van der Waals surface area contributed by atoms with Crippen molar-refractivity contribution in [2.24, 2.45) is 0 Å². The number of nitrogens with one attached hydrogen (secondary N) is 2. The number of hydroxylamine groups is 1. The minimum atomic E-state index is -0.578. The van der Waals surface area contributed by atoms with Crippen molar-refractivity contribution < 1.29 is 24.2 Å². The first-order chi connectivity index (χ1) is 13.2. The minimum absolute atomic E-state index is 0.331. The number of imidazole rings is 1. The zero-order chi connectivity index (χ0) is 19.1. The molecule has 8 nitrogen and oxygen atoms in total. The molecular weight excluding hydrogens is 350 g/mol. The van der Waals surface area contributed by atoms with Crippen molar-refractivity contribution in [1.29, 1.82) is 0 Å². The highest BCUT2D eigenvalue weighted by atomic mass is 16.5. The van der Waals surface area contributed by atoms with Crippen LogP contribution in [0.25, 0.3) is 22.4 Å². The highest BCUT2D eigenvalue weighted by Crippen LogP contribution is 2.29. The molecule has 0 bridgehead atoms. The highest BCUT2D eigenvalue weighted by Gasteiger charge is 2.12. The van der Waals surface area contributed by atoms with Crippen LogP contribution < -0.4 is 10.2 Å². The molecular formula is C19H21N3O5. The lowest BCUT2D eigenvalue weighted by Crippen LogP contribution is -2.18. The minimum Gasteiger partial charge on any atom is -0.490 e. The van der Waals surface area contributed by atoms with Crippen molar-refractivity contribution >= 4 is 16.9 Å². The third-order valence-corrected chi connectivity index (χ3v) is 3.90. The van der Waals surface area contributed by atoms with Gasteiger partial charge in [-0.25, -0.2) is 10.5 Å². The van der Waals surface area contributed by atoms with Crippen LogP contribution in [-0.4, -0.2) is 54.6 Å². The van der Waals surface area contributed by atoms with E-state index in [2.05, 4.69) is 9.97 Å². The molecule has 27 heavy (non-hydrogen) atoms. The van der Waals surface area contributed by atoms with Crippen LogP contribution in [0, 0.1) is 0 Å². The molecule has 0 aliphatic rings. The van der Waals surface area contributed by atoms with Gasteiger partial charge in [-0.3, -0.25) is 10.0 Å². The average Bonchev–Trinajstić information content (AvgIpc) is 3.13. The number of carbonyl (C=O) groups excluding carboxylic acids is 1. The molecule has 142 valence electrons. The molecule has 8 heteroatoms. The van der Waals surface area contributed by atoms with Crippen LogP contribution in [0.5, 0.6) is 5.75 Å². The van der Waals surface area contributed by atoms with Crippen LogP contribution in [-0.2, 0) is 9.47 Å². The van der Waals surface area contributed by atoms with Crippen molar-refractivity contribution in [3.05, 3.63) is 48.0 Å². The van der Waals surface area contributed by atoms with Crippen LogP contribution >= 0.6 is 0 Å². The summed E-state index contributed by atoms with van der Waals surface area (Å²) in [5.41, 5.74) is 4.15. The van der Waals surface area contributed by atoms with Gasteiger partial charge in [0.15, 0.2) is 0 Å². The Hall–Kier alpha value is -2.94. The summed E-state index contributed by atoms with van der Waals surface area (Å²) >= 11 is 0. The maximum atomic E-state index is 11.6. The molecule has 1 amide bonds. The summed E-state index contributed by atoms with van der Waals surface area (Å²) in [4.78, 5) is 19.3. The van der Waals surface area contributed by atoms with Gasteiger partial charge in [0.25, 0.3) is 5.91 Å². The number of aromatic nitrogens is 2. The molecule has 0 atom stereocenters. The van der Waals surface area contributed by atoms with Crippen LogP contribution in [0.3, 0.4) is 0 Å². The van der Waals surface area contributed by atoms with Gasteiger partial charge in [-0.15, -0.1) is 0 Å². The Labute approximate surface area is 156 Å². The smallest absolute Gasteiger partial charge is 0.274 e. The predicted molar refractivity (Wildman–Crippen MR) is 99.0 cm³/mol. The number of benzene rings is 2. The van der Waals surface area contributed by atoms with Gasteiger partial charge in [0, 0.05) is 12.7 Å². The maximum Gasteiger partial charge on any atom is 0.274 e. The number of aromatic amines is 1. The van der Waals surface area contributed by atoms with Crippen molar-refractivity contribution in [2.75, 3.05) is 33.5 Å². The summed E-state index contributed by atoms with van der Waals surface area (Å²) in [5.74, 6) is 0.730. The third-order valence-electron chi connectivity index (χ3n) is 3.90.